The van der Waals surface area contributed by atoms with Crippen LogP contribution < -0.4 is 5.32 Å². The van der Waals surface area contributed by atoms with E-state index in [1.54, 1.807) is 0 Å². The molecule has 0 bridgehead atoms. The third-order valence-electron chi connectivity index (χ3n) is 3.16. The first-order chi connectivity index (χ1) is 9.62. The number of halogens is 4. The molecule has 0 fully saturated rings. The number of anilines is 1. The molecule has 0 aromatic carbocycles. The summed E-state index contributed by atoms with van der Waals surface area (Å²) in [6.07, 6.45) is -3.64. The molecule has 0 unspecified atom stereocenters. The number of rotatable bonds is 6. The van der Waals surface area contributed by atoms with E-state index in [2.05, 4.69) is 42.9 Å². The van der Waals surface area contributed by atoms with E-state index in [0.29, 0.717) is 18.6 Å². The maximum absolute atomic E-state index is 12.5. The SMILES string of the molecule is CC(C)N(CCNc1ncc(C(F)(F)F)cc1Cl)C(C)C. The second-order valence-electron chi connectivity index (χ2n) is 5.40. The molecule has 0 spiro atoms. The molecule has 0 atom stereocenters. The van der Waals surface area contributed by atoms with E-state index in [4.69, 9.17) is 11.6 Å². The van der Waals surface area contributed by atoms with E-state index < -0.39 is 11.7 Å². The summed E-state index contributed by atoms with van der Waals surface area (Å²) in [4.78, 5) is 6.02. The first-order valence-corrected chi connectivity index (χ1v) is 7.23. The summed E-state index contributed by atoms with van der Waals surface area (Å²) >= 11 is 5.84. The molecular weight excluding hydrogens is 303 g/mol. The van der Waals surface area contributed by atoms with Crippen LogP contribution in [-0.4, -0.2) is 35.1 Å². The van der Waals surface area contributed by atoms with Crippen molar-refractivity contribution in [2.24, 2.45) is 0 Å². The minimum atomic E-state index is -4.43. The Kier molecular flexibility index (Phi) is 6.28. The topological polar surface area (TPSA) is 28.2 Å². The van der Waals surface area contributed by atoms with E-state index in [9.17, 15) is 13.2 Å². The number of aromatic nitrogens is 1. The molecule has 0 aliphatic heterocycles. The van der Waals surface area contributed by atoms with Crippen LogP contribution >= 0.6 is 11.6 Å². The van der Waals surface area contributed by atoms with Crippen molar-refractivity contribution in [2.45, 2.75) is 46.0 Å². The molecule has 0 aliphatic carbocycles. The van der Waals surface area contributed by atoms with Gasteiger partial charge in [-0.2, -0.15) is 13.2 Å². The van der Waals surface area contributed by atoms with Gasteiger partial charge in [-0.05, 0) is 33.8 Å². The number of hydrogen-bond donors (Lipinski definition) is 1. The van der Waals surface area contributed by atoms with Gasteiger partial charge in [-0.15, -0.1) is 0 Å². The molecule has 1 N–H and O–H groups in total. The predicted octanol–water partition coefficient (Wildman–Crippen LogP) is 4.28. The van der Waals surface area contributed by atoms with Crippen molar-refractivity contribution in [1.29, 1.82) is 0 Å². The number of pyridine rings is 1. The molecule has 1 heterocycles. The molecule has 1 aromatic rings. The largest absolute Gasteiger partial charge is 0.417 e. The Bertz CT molecular complexity index is 453. The van der Waals surface area contributed by atoms with Crippen molar-refractivity contribution in [3.8, 4) is 0 Å². The van der Waals surface area contributed by atoms with E-state index >= 15 is 0 Å². The van der Waals surface area contributed by atoms with Gasteiger partial charge in [0.05, 0.1) is 10.6 Å². The maximum Gasteiger partial charge on any atom is 0.417 e. The van der Waals surface area contributed by atoms with Gasteiger partial charge < -0.3 is 5.32 Å². The Morgan fingerprint density at radius 3 is 2.24 bits per heavy atom. The highest BCUT2D eigenvalue weighted by Gasteiger charge is 2.31. The van der Waals surface area contributed by atoms with Crippen LogP contribution in [0.1, 0.15) is 33.3 Å². The van der Waals surface area contributed by atoms with E-state index in [0.717, 1.165) is 18.8 Å². The van der Waals surface area contributed by atoms with Crippen LogP contribution in [0.4, 0.5) is 19.0 Å². The standard InChI is InChI=1S/C14H21ClF3N3/c1-9(2)21(10(3)4)6-5-19-13-12(15)7-11(8-20-13)14(16,17)18/h7-10H,5-6H2,1-4H3,(H,19,20). The Labute approximate surface area is 128 Å². The summed E-state index contributed by atoms with van der Waals surface area (Å²) in [5.74, 6) is 0.275. The zero-order valence-corrected chi connectivity index (χ0v) is 13.4. The van der Waals surface area contributed by atoms with Crippen molar-refractivity contribution in [3.63, 3.8) is 0 Å². The number of hydrogen-bond acceptors (Lipinski definition) is 3. The Morgan fingerprint density at radius 2 is 1.81 bits per heavy atom. The van der Waals surface area contributed by atoms with Gasteiger partial charge in [0.1, 0.15) is 5.82 Å². The van der Waals surface area contributed by atoms with Crippen molar-refractivity contribution in [3.05, 3.63) is 22.8 Å². The van der Waals surface area contributed by atoms with Gasteiger partial charge in [-0.25, -0.2) is 4.98 Å². The number of nitrogens with one attached hydrogen (secondary N) is 1. The molecule has 3 nitrogen and oxygen atoms in total. The minimum Gasteiger partial charge on any atom is -0.368 e. The first-order valence-electron chi connectivity index (χ1n) is 6.85. The summed E-state index contributed by atoms with van der Waals surface area (Å²) in [5.41, 5.74) is -0.843. The van der Waals surface area contributed by atoms with Gasteiger partial charge in [0, 0.05) is 31.4 Å². The molecule has 7 heteroatoms. The summed E-state index contributed by atoms with van der Waals surface area (Å²) in [6, 6.07) is 1.67. The molecule has 0 amide bonds. The normalized spacial score (nSPS) is 12.5. The van der Waals surface area contributed by atoms with Gasteiger partial charge in [0.2, 0.25) is 0 Å². The molecule has 0 radical (unpaired) electrons. The van der Waals surface area contributed by atoms with Crippen LogP contribution in [0.2, 0.25) is 5.02 Å². The third-order valence-corrected chi connectivity index (χ3v) is 3.45. The lowest BCUT2D eigenvalue weighted by Crippen LogP contribution is -2.40. The van der Waals surface area contributed by atoms with Crippen LogP contribution in [-0.2, 0) is 6.18 Å². The van der Waals surface area contributed by atoms with Crippen LogP contribution in [0.5, 0.6) is 0 Å². The Hall–Kier alpha value is -1.01. The molecule has 120 valence electrons. The highest BCUT2D eigenvalue weighted by molar-refractivity contribution is 6.32. The summed E-state index contributed by atoms with van der Waals surface area (Å²) in [7, 11) is 0. The predicted molar refractivity (Wildman–Crippen MR) is 79.7 cm³/mol. The lowest BCUT2D eigenvalue weighted by Gasteiger charge is -2.30. The Morgan fingerprint density at radius 1 is 1.24 bits per heavy atom. The molecule has 0 saturated carbocycles. The summed E-state index contributed by atoms with van der Waals surface area (Å²) in [5, 5.41) is 2.96. The fraction of sp³-hybridized carbons (Fsp3) is 0.643. The van der Waals surface area contributed by atoms with E-state index in [1.165, 1.54) is 0 Å². The fourth-order valence-corrected chi connectivity index (χ4v) is 2.37. The molecule has 21 heavy (non-hydrogen) atoms. The lowest BCUT2D eigenvalue weighted by atomic mass is 10.2. The van der Waals surface area contributed by atoms with Gasteiger partial charge >= 0.3 is 6.18 Å². The Balaban J connectivity index is 2.64. The highest BCUT2D eigenvalue weighted by Crippen LogP contribution is 2.32. The molecule has 0 aliphatic rings. The quantitative estimate of drug-likeness (QED) is 0.846. The first kappa shape index (κ1) is 18.0. The fourth-order valence-electron chi connectivity index (χ4n) is 2.14. The second-order valence-corrected chi connectivity index (χ2v) is 5.81. The molecule has 1 rings (SSSR count). The second kappa shape index (κ2) is 7.31. The van der Waals surface area contributed by atoms with Crippen molar-refractivity contribution < 1.29 is 13.2 Å². The average Bonchev–Trinajstić information content (AvgIpc) is 2.33. The van der Waals surface area contributed by atoms with Gasteiger partial charge in [-0.1, -0.05) is 11.6 Å². The summed E-state index contributed by atoms with van der Waals surface area (Å²) in [6.45, 7) is 9.72. The molecule has 0 saturated heterocycles. The zero-order chi connectivity index (χ0) is 16.2. The van der Waals surface area contributed by atoms with Crippen LogP contribution in [0.25, 0.3) is 0 Å². The van der Waals surface area contributed by atoms with E-state index in [1.807, 2.05) is 0 Å². The van der Waals surface area contributed by atoms with Crippen LogP contribution in [0, 0.1) is 0 Å². The monoisotopic (exact) mass is 323 g/mol. The third kappa shape index (κ3) is 5.36. The average molecular weight is 324 g/mol. The number of nitrogens with zero attached hydrogens (tertiary/aromatic N) is 2. The van der Waals surface area contributed by atoms with E-state index in [-0.39, 0.29) is 10.8 Å². The number of alkyl halides is 3. The van der Waals surface area contributed by atoms with Gasteiger partial charge in [0.25, 0.3) is 0 Å². The van der Waals surface area contributed by atoms with Gasteiger partial charge in [0.15, 0.2) is 0 Å². The van der Waals surface area contributed by atoms with Gasteiger partial charge in [-0.3, -0.25) is 4.90 Å². The highest BCUT2D eigenvalue weighted by atomic mass is 35.5. The van der Waals surface area contributed by atoms with Crippen LogP contribution in [0.15, 0.2) is 12.3 Å². The van der Waals surface area contributed by atoms with Crippen LogP contribution in [0.3, 0.4) is 0 Å². The lowest BCUT2D eigenvalue weighted by molar-refractivity contribution is -0.137. The van der Waals surface area contributed by atoms with Crippen molar-refractivity contribution in [2.75, 3.05) is 18.4 Å². The minimum absolute atomic E-state index is 0.0227. The summed E-state index contributed by atoms with van der Waals surface area (Å²) < 4.78 is 37.5. The molecular formula is C14H21ClF3N3. The molecule has 1 aromatic heterocycles. The van der Waals surface area contributed by atoms with Crippen molar-refractivity contribution >= 4 is 17.4 Å². The maximum atomic E-state index is 12.5. The smallest absolute Gasteiger partial charge is 0.368 e. The zero-order valence-electron chi connectivity index (χ0n) is 12.6. The van der Waals surface area contributed by atoms with Crippen molar-refractivity contribution in [1.82, 2.24) is 9.88 Å².